The van der Waals surface area contributed by atoms with Crippen LogP contribution < -0.4 is 54.0 Å². The van der Waals surface area contributed by atoms with E-state index in [2.05, 4.69) is 42.5 Å². The first-order chi connectivity index (χ1) is 35.2. The maximum absolute atomic E-state index is 13.5. The Labute approximate surface area is 427 Å². The summed E-state index contributed by atoms with van der Waals surface area (Å²) in [5.74, 6) is -5.77. The van der Waals surface area contributed by atoms with E-state index < -0.39 is 128 Å². The molecule has 0 heterocycles. The van der Waals surface area contributed by atoms with Crippen molar-refractivity contribution in [1.82, 2.24) is 42.5 Å². The number of hydrogen-bond acceptors (Lipinski definition) is 15. The molecule has 17 N–H and O–H groups in total. The summed E-state index contributed by atoms with van der Waals surface area (Å²) in [5.41, 5.74) is 14.6. The van der Waals surface area contributed by atoms with E-state index in [1.165, 1.54) is 38.1 Å². The van der Waals surface area contributed by atoms with Gasteiger partial charge in [-0.25, -0.2) is 0 Å². The van der Waals surface area contributed by atoms with Gasteiger partial charge in [-0.3, -0.25) is 38.4 Å². The van der Waals surface area contributed by atoms with E-state index in [9.17, 15) is 63.9 Å². The second kappa shape index (κ2) is 29.5. The molecule has 74 heavy (non-hydrogen) atoms. The summed E-state index contributed by atoms with van der Waals surface area (Å²) in [5, 5.41) is 71.0. The molecule has 0 saturated heterocycles. The summed E-state index contributed by atoms with van der Waals surface area (Å²) >= 11 is 0. The number of carbonyl (C=O) groups excluding carboxylic acids is 8. The van der Waals surface area contributed by atoms with Gasteiger partial charge in [0.1, 0.15) is 41.8 Å². The highest BCUT2D eigenvalue weighted by atomic mass is 16.4. The predicted octanol–water partition coefficient (Wildman–Crippen LogP) is -3.45. The standard InChI is InChI=1S/C51H66N10O13/c1-29(58-48(71)37(52)21-33-13-17-35(62)18-14-33)46(69)56-27-43(66)60-39(23-31-9-5-3-6-10-31)50(73)54-25-41(64)45(68)42(65)26-55-51(74)40(24-32-11-7-4-8-12-32)61-44(67)28-57-47(70)30(2)59-49(72)38(53)22-34-15-19-36(63)20-16-34/h3-20,29-30,37-42,45,62-65,68H,21-28,52-53H2,1-2H3,(H,54,73)(H,55,74)(H,56,69)(H,57,70)(H,58,71)(H,59,72)(H,60,66)(H,61,67)/t29-,30-,37+,38+,39+,40+,41-,42-/m1/s1. The first kappa shape index (κ1) is 58.6. The van der Waals surface area contributed by atoms with Crippen molar-refractivity contribution >= 4 is 47.3 Å². The first-order valence-electron chi connectivity index (χ1n) is 23.7. The van der Waals surface area contributed by atoms with E-state index >= 15 is 0 Å². The molecule has 0 aliphatic carbocycles. The van der Waals surface area contributed by atoms with Crippen LogP contribution in [0.5, 0.6) is 11.5 Å². The highest BCUT2D eigenvalue weighted by molar-refractivity contribution is 5.94. The van der Waals surface area contributed by atoms with E-state index in [0.29, 0.717) is 22.3 Å². The molecule has 0 fully saturated rings. The van der Waals surface area contributed by atoms with Gasteiger partial charge in [-0.1, -0.05) is 84.9 Å². The molecule has 0 radical (unpaired) electrons. The Kier molecular flexibility index (Phi) is 23.4. The second-order valence-corrected chi connectivity index (χ2v) is 17.6. The number of phenolic OH excluding ortho intramolecular Hbond substituents is 2. The van der Waals surface area contributed by atoms with Crippen LogP contribution in [0.2, 0.25) is 0 Å². The van der Waals surface area contributed by atoms with Gasteiger partial charge in [0.25, 0.3) is 0 Å². The van der Waals surface area contributed by atoms with Gasteiger partial charge >= 0.3 is 0 Å². The zero-order valence-electron chi connectivity index (χ0n) is 40.9. The average Bonchev–Trinajstić information content (AvgIpc) is 3.38. The minimum atomic E-state index is -1.93. The fraction of sp³-hybridized carbons (Fsp3) is 0.373. The topological polar surface area (TPSA) is 386 Å². The SMILES string of the molecule is C[C@@H](NC(=O)[C@@H](N)Cc1ccc(O)cc1)C(=O)NCC(=O)N[C@@H](Cc1ccccc1)C(=O)NC[C@@H](O)C(O)[C@H](O)CNC(=O)[C@H](Cc1ccccc1)NC(=O)CNC(=O)[C@@H](C)NC(=O)[C@@H](N)Cc1ccc(O)cc1. The quantitative estimate of drug-likeness (QED) is 0.0263. The van der Waals surface area contributed by atoms with E-state index in [0.717, 1.165) is 0 Å². The van der Waals surface area contributed by atoms with Crippen LogP contribution in [0.15, 0.2) is 109 Å². The van der Waals surface area contributed by atoms with Crippen molar-refractivity contribution in [3.05, 3.63) is 131 Å². The normalized spacial score (nSPS) is 14.3. The first-order valence-corrected chi connectivity index (χ1v) is 23.7. The molecule has 8 atom stereocenters. The van der Waals surface area contributed by atoms with Crippen molar-refractivity contribution in [3.8, 4) is 11.5 Å². The zero-order valence-corrected chi connectivity index (χ0v) is 40.9. The predicted molar refractivity (Wildman–Crippen MR) is 269 cm³/mol. The Balaban J connectivity index is 1.25. The third kappa shape index (κ3) is 20.3. The molecule has 0 aliphatic heterocycles. The largest absolute Gasteiger partial charge is 0.508 e. The van der Waals surface area contributed by atoms with Crippen LogP contribution in [-0.4, -0.2) is 154 Å². The van der Waals surface area contributed by atoms with Gasteiger partial charge in [0.2, 0.25) is 47.3 Å². The molecule has 23 heteroatoms. The number of amides is 8. The van der Waals surface area contributed by atoms with Gasteiger partial charge in [0, 0.05) is 25.9 Å². The maximum Gasteiger partial charge on any atom is 0.243 e. The maximum atomic E-state index is 13.5. The van der Waals surface area contributed by atoms with E-state index in [1.807, 2.05) is 0 Å². The van der Waals surface area contributed by atoms with Crippen LogP contribution >= 0.6 is 0 Å². The summed E-state index contributed by atoms with van der Waals surface area (Å²) in [6, 6.07) is 22.6. The fourth-order valence-corrected chi connectivity index (χ4v) is 7.13. The number of aliphatic hydroxyl groups is 3. The lowest BCUT2D eigenvalue weighted by molar-refractivity contribution is -0.132. The summed E-state index contributed by atoms with van der Waals surface area (Å²) in [6.07, 6.45) is -5.33. The Morgan fingerprint density at radius 2 is 0.743 bits per heavy atom. The number of carbonyl (C=O) groups is 8. The van der Waals surface area contributed by atoms with Gasteiger partial charge in [0.15, 0.2) is 0 Å². The van der Waals surface area contributed by atoms with E-state index in [4.69, 9.17) is 11.5 Å². The molecule has 0 unspecified atom stereocenters. The van der Waals surface area contributed by atoms with Crippen molar-refractivity contribution < 1.29 is 63.9 Å². The molecule has 23 nitrogen and oxygen atoms in total. The van der Waals surface area contributed by atoms with Gasteiger partial charge in [-0.2, -0.15) is 0 Å². The van der Waals surface area contributed by atoms with Crippen molar-refractivity contribution in [2.24, 2.45) is 11.5 Å². The molecule has 4 aromatic rings. The molecule has 4 aromatic carbocycles. The molecule has 0 aliphatic rings. The van der Waals surface area contributed by atoms with Gasteiger partial charge < -0.3 is 79.5 Å². The van der Waals surface area contributed by atoms with Gasteiger partial charge in [-0.05, 0) is 73.2 Å². The summed E-state index contributed by atoms with van der Waals surface area (Å²) in [4.78, 5) is 104. The molecular weight excluding hydrogens is 961 g/mol. The van der Waals surface area contributed by atoms with Crippen molar-refractivity contribution in [1.29, 1.82) is 0 Å². The third-order valence-electron chi connectivity index (χ3n) is 11.4. The van der Waals surface area contributed by atoms with Crippen LogP contribution in [0.25, 0.3) is 0 Å². The minimum Gasteiger partial charge on any atom is -0.508 e. The Morgan fingerprint density at radius 3 is 1.08 bits per heavy atom. The number of aliphatic hydroxyl groups excluding tert-OH is 3. The smallest absolute Gasteiger partial charge is 0.243 e. The lowest BCUT2D eigenvalue weighted by Crippen LogP contribution is -2.56. The number of phenols is 2. The molecule has 4 rings (SSSR count). The number of benzene rings is 4. The molecular formula is C51H66N10O13. The Morgan fingerprint density at radius 1 is 0.419 bits per heavy atom. The van der Waals surface area contributed by atoms with Gasteiger partial charge in [0.05, 0.1) is 37.4 Å². The summed E-state index contributed by atoms with van der Waals surface area (Å²) in [6.45, 7) is 0.345. The third-order valence-corrected chi connectivity index (χ3v) is 11.4. The molecule has 0 spiro atoms. The summed E-state index contributed by atoms with van der Waals surface area (Å²) < 4.78 is 0. The monoisotopic (exact) mass is 1030 g/mol. The van der Waals surface area contributed by atoms with E-state index in [-0.39, 0.29) is 37.2 Å². The van der Waals surface area contributed by atoms with Crippen LogP contribution in [0.3, 0.4) is 0 Å². The van der Waals surface area contributed by atoms with Crippen molar-refractivity contribution in [2.45, 2.75) is 94.1 Å². The van der Waals surface area contributed by atoms with Crippen LogP contribution in [0.4, 0.5) is 0 Å². The molecule has 0 aromatic heterocycles. The summed E-state index contributed by atoms with van der Waals surface area (Å²) in [7, 11) is 0. The van der Waals surface area contributed by atoms with Crippen LogP contribution in [0.1, 0.15) is 36.1 Å². The minimum absolute atomic E-state index is 0.0333. The molecule has 0 bridgehead atoms. The fourth-order valence-electron chi connectivity index (χ4n) is 7.13. The average molecular weight is 1030 g/mol. The number of hydrogen-bond donors (Lipinski definition) is 15. The van der Waals surface area contributed by atoms with Crippen LogP contribution in [0, 0.1) is 0 Å². The van der Waals surface area contributed by atoms with E-state index in [1.54, 1.807) is 84.9 Å². The van der Waals surface area contributed by atoms with Crippen molar-refractivity contribution in [3.63, 3.8) is 0 Å². The molecule has 0 saturated carbocycles. The molecule has 398 valence electrons. The number of nitrogens with two attached hydrogens (primary N) is 2. The Hall–Kier alpha value is -7.96. The molecule has 8 amide bonds. The zero-order chi connectivity index (χ0) is 54.3. The number of nitrogens with one attached hydrogen (secondary N) is 8. The Bertz CT molecular complexity index is 2320. The van der Waals surface area contributed by atoms with Gasteiger partial charge in [-0.15, -0.1) is 0 Å². The lowest BCUT2D eigenvalue weighted by Gasteiger charge is -2.26. The number of aromatic hydroxyl groups is 2. The van der Waals surface area contributed by atoms with Crippen LogP contribution in [-0.2, 0) is 64.0 Å². The lowest BCUT2D eigenvalue weighted by atomic mass is 10.0. The second-order valence-electron chi connectivity index (χ2n) is 17.6. The highest BCUT2D eigenvalue weighted by Crippen LogP contribution is 2.13. The highest BCUT2D eigenvalue weighted by Gasteiger charge is 2.30. The van der Waals surface area contributed by atoms with Crippen molar-refractivity contribution in [2.75, 3.05) is 26.2 Å². The number of rotatable bonds is 28.